The van der Waals surface area contributed by atoms with Gasteiger partial charge in [-0.3, -0.25) is 0 Å². The Morgan fingerprint density at radius 3 is 2.45 bits per heavy atom. The minimum atomic E-state index is -0.866. The highest BCUT2D eigenvalue weighted by atomic mass is 16.6. The first-order valence-electron chi connectivity index (χ1n) is 7.63. The van der Waals surface area contributed by atoms with Crippen molar-refractivity contribution < 1.29 is 14.9 Å². The summed E-state index contributed by atoms with van der Waals surface area (Å²) in [5.74, 6) is 0. The first-order chi connectivity index (χ1) is 10.7. The first-order valence-corrected chi connectivity index (χ1v) is 7.63. The molecule has 1 fully saturated rings. The minimum Gasteiger partial charge on any atom is -0.387 e. The van der Waals surface area contributed by atoms with Crippen molar-refractivity contribution in [2.75, 3.05) is 0 Å². The number of benzene rings is 3. The van der Waals surface area contributed by atoms with Gasteiger partial charge in [0.2, 0.25) is 0 Å². The van der Waals surface area contributed by atoms with Gasteiger partial charge in [0, 0.05) is 0 Å². The molecule has 3 aromatic carbocycles. The van der Waals surface area contributed by atoms with Gasteiger partial charge >= 0.3 is 0 Å². The largest absolute Gasteiger partial charge is 0.387 e. The van der Waals surface area contributed by atoms with E-state index in [1.54, 1.807) is 0 Å². The van der Waals surface area contributed by atoms with Crippen LogP contribution in [0.15, 0.2) is 42.5 Å². The van der Waals surface area contributed by atoms with Crippen LogP contribution in [0.4, 0.5) is 0 Å². The molecule has 1 heterocycles. The van der Waals surface area contributed by atoms with Crippen LogP contribution >= 0.6 is 0 Å². The molecule has 0 aromatic heterocycles. The molecular weight excluding hydrogens is 276 g/mol. The molecule has 3 heteroatoms. The molecule has 5 rings (SSSR count). The maximum absolute atomic E-state index is 10.3. The normalized spacial score (nSPS) is 29.4. The van der Waals surface area contributed by atoms with E-state index in [1.807, 2.05) is 6.07 Å². The van der Waals surface area contributed by atoms with E-state index in [2.05, 4.69) is 43.3 Å². The molecule has 1 aliphatic heterocycles. The lowest BCUT2D eigenvalue weighted by molar-refractivity contribution is 0.000106. The fourth-order valence-electron chi connectivity index (χ4n) is 3.95. The van der Waals surface area contributed by atoms with E-state index < -0.39 is 12.2 Å². The summed E-state index contributed by atoms with van der Waals surface area (Å²) in [7, 11) is 0. The molecule has 4 atom stereocenters. The smallest absolute Gasteiger partial charge is 0.118 e. The number of epoxide rings is 1. The molecule has 2 aliphatic rings. The van der Waals surface area contributed by atoms with Crippen LogP contribution in [0.25, 0.3) is 21.5 Å². The molecule has 3 nitrogen and oxygen atoms in total. The van der Waals surface area contributed by atoms with Crippen molar-refractivity contribution in [2.45, 2.75) is 31.3 Å². The number of hydrogen-bond donors (Lipinski definition) is 2. The van der Waals surface area contributed by atoms with E-state index in [9.17, 15) is 10.2 Å². The molecule has 0 unspecified atom stereocenters. The second-order valence-electron chi connectivity index (χ2n) is 6.36. The molecule has 22 heavy (non-hydrogen) atoms. The van der Waals surface area contributed by atoms with Crippen molar-refractivity contribution >= 4 is 21.5 Å². The molecule has 0 spiro atoms. The van der Waals surface area contributed by atoms with Gasteiger partial charge in [0.25, 0.3) is 0 Å². The highest BCUT2D eigenvalue weighted by Crippen LogP contribution is 2.53. The number of aliphatic hydroxyl groups excluding tert-OH is 2. The molecule has 0 saturated carbocycles. The Balaban J connectivity index is 1.92. The van der Waals surface area contributed by atoms with Crippen molar-refractivity contribution in [3.05, 3.63) is 59.2 Å². The summed E-state index contributed by atoms with van der Waals surface area (Å²) >= 11 is 0. The standard InChI is InChI=1S/C19H16O3/c1-9-8-14-12(11-5-3-2-4-10(9)11)6-7-13-15(14)18-19(22-18)17(21)16(13)20/h2-8,16-21H,1H3/t16-,17+,18-,19+/m0/s1. The fourth-order valence-corrected chi connectivity index (χ4v) is 3.95. The summed E-state index contributed by atoms with van der Waals surface area (Å²) in [5, 5.41) is 25.2. The summed E-state index contributed by atoms with van der Waals surface area (Å²) in [6.45, 7) is 2.11. The summed E-state index contributed by atoms with van der Waals surface area (Å²) in [5.41, 5.74) is 3.07. The van der Waals surface area contributed by atoms with Crippen LogP contribution in [0.2, 0.25) is 0 Å². The van der Waals surface area contributed by atoms with Gasteiger partial charge in [0.05, 0.1) is 0 Å². The third kappa shape index (κ3) is 1.46. The summed E-state index contributed by atoms with van der Waals surface area (Å²) < 4.78 is 5.64. The maximum atomic E-state index is 10.3. The quantitative estimate of drug-likeness (QED) is 0.494. The average molecular weight is 292 g/mol. The van der Waals surface area contributed by atoms with Crippen LogP contribution in [0, 0.1) is 6.92 Å². The van der Waals surface area contributed by atoms with Crippen LogP contribution < -0.4 is 0 Å². The molecular formula is C19H16O3. The number of hydrogen-bond acceptors (Lipinski definition) is 3. The predicted octanol–water partition coefficient (Wildman–Crippen LogP) is 3.15. The van der Waals surface area contributed by atoms with E-state index >= 15 is 0 Å². The number of aliphatic hydroxyl groups is 2. The predicted molar refractivity (Wildman–Crippen MR) is 84.8 cm³/mol. The second-order valence-corrected chi connectivity index (χ2v) is 6.36. The Labute approximate surface area is 127 Å². The molecule has 1 saturated heterocycles. The lowest BCUT2D eigenvalue weighted by atomic mass is 9.83. The Hall–Kier alpha value is -1.94. The van der Waals surface area contributed by atoms with Crippen molar-refractivity contribution in [1.29, 1.82) is 0 Å². The number of aryl methyl sites for hydroxylation is 1. The van der Waals surface area contributed by atoms with E-state index in [-0.39, 0.29) is 12.2 Å². The van der Waals surface area contributed by atoms with Crippen LogP contribution in [0.3, 0.4) is 0 Å². The third-order valence-corrected chi connectivity index (χ3v) is 5.11. The zero-order chi connectivity index (χ0) is 15.0. The Morgan fingerprint density at radius 1 is 0.909 bits per heavy atom. The van der Waals surface area contributed by atoms with E-state index in [1.165, 1.54) is 21.7 Å². The molecule has 1 aliphatic carbocycles. The Kier molecular flexibility index (Phi) is 2.33. The second kappa shape index (κ2) is 4.07. The van der Waals surface area contributed by atoms with Crippen molar-refractivity contribution in [1.82, 2.24) is 0 Å². The van der Waals surface area contributed by atoms with Gasteiger partial charge in [-0.15, -0.1) is 0 Å². The first kappa shape index (κ1) is 12.6. The topological polar surface area (TPSA) is 53.0 Å². The van der Waals surface area contributed by atoms with Crippen molar-refractivity contribution in [3.8, 4) is 0 Å². The monoisotopic (exact) mass is 292 g/mol. The highest BCUT2D eigenvalue weighted by Gasteiger charge is 2.54. The highest BCUT2D eigenvalue weighted by molar-refractivity contribution is 6.10. The van der Waals surface area contributed by atoms with Crippen molar-refractivity contribution in [2.24, 2.45) is 0 Å². The van der Waals surface area contributed by atoms with Gasteiger partial charge in [-0.05, 0) is 45.2 Å². The lowest BCUT2D eigenvalue weighted by Gasteiger charge is -2.25. The molecule has 2 N–H and O–H groups in total. The number of rotatable bonds is 0. The lowest BCUT2D eigenvalue weighted by Crippen LogP contribution is -2.29. The van der Waals surface area contributed by atoms with Crippen LogP contribution in [-0.2, 0) is 4.74 Å². The van der Waals surface area contributed by atoms with Gasteiger partial charge in [-0.1, -0.05) is 42.5 Å². The van der Waals surface area contributed by atoms with Crippen LogP contribution in [0.5, 0.6) is 0 Å². The molecule has 0 amide bonds. The minimum absolute atomic E-state index is 0.0855. The molecule has 0 bridgehead atoms. The van der Waals surface area contributed by atoms with E-state index in [4.69, 9.17) is 4.74 Å². The SMILES string of the molecule is Cc1cc2c3c(ccc2c2ccccc12)[C@H](O)[C@@H](O)[C@H]1O[C@@H]31. The van der Waals surface area contributed by atoms with Crippen molar-refractivity contribution in [3.63, 3.8) is 0 Å². The van der Waals surface area contributed by atoms with Gasteiger partial charge in [0.15, 0.2) is 0 Å². The van der Waals surface area contributed by atoms with E-state index in [0.29, 0.717) is 0 Å². The van der Waals surface area contributed by atoms with Gasteiger partial charge in [0.1, 0.15) is 24.4 Å². The summed E-state index contributed by atoms with van der Waals surface area (Å²) in [6, 6.07) is 14.5. The average Bonchev–Trinajstić information content (AvgIpc) is 3.33. The number of ether oxygens (including phenoxy) is 1. The zero-order valence-electron chi connectivity index (χ0n) is 12.2. The fraction of sp³-hybridized carbons (Fsp3) is 0.263. The van der Waals surface area contributed by atoms with Gasteiger partial charge in [-0.2, -0.15) is 0 Å². The zero-order valence-corrected chi connectivity index (χ0v) is 12.2. The molecule has 0 radical (unpaired) electrons. The Morgan fingerprint density at radius 2 is 1.64 bits per heavy atom. The van der Waals surface area contributed by atoms with Gasteiger partial charge in [-0.25, -0.2) is 0 Å². The maximum Gasteiger partial charge on any atom is 0.118 e. The van der Waals surface area contributed by atoms with Crippen LogP contribution in [0.1, 0.15) is 28.9 Å². The number of fused-ring (bicyclic) bond motifs is 7. The third-order valence-electron chi connectivity index (χ3n) is 5.11. The Bertz CT molecular complexity index is 931. The molecule has 3 aromatic rings. The van der Waals surface area contributed by atoms with Gasteiger partial charge < -0.3 is 14.9 Å². The summed E-state index contributed by atoms with van der Waals surface area (Å²) in [6.07, 6.45) is -2.04. The van der Waals surface area contributed by atoms with E-state index in [0.717, 1.165) is 16.5 Å². The summed E-state index contributed by atoms with van der Waals surface area (Å²) in [4.78, 5) is 0. The molecule has 110 valence electrons. The van der Waals surface area contributed by atoms with Crippen LogP contribution in [-0.4, -0.2) is 22.4 Å².